The molecule has 5 nitrogen and oxygen atoms in total. The van der Waals surface area contributed by atoms with Crippen LogP contribution in [0.2, 0.25) is 5.02 Å². The average Bonchev–Trinajstić information content (AvgIpc) is 3.30. The second-order valence-corrected chi connectivity index (χ2v) is 8.27. The molecule has 1 N–H and O–H groups in total. The number of halogens is 2. The first-order chi connectivity index (χ1) is 13.5. The van der Waals surface area contributed by atoms with Crippen LogP contribution in [0.4, 0.5) is 5.13 Å². The maximum Gasteiger partial charge on any atom is 0.301 e. The van der Waals surface area contributed by atoms with Crippen LogP contribution in [0.3, 0.4) is 0 Å². The van der Waals surface area contributed by atoms with Crippen LogP contribution in [-0.4, -0.2) is 21.8 Å². The zero-order valence-electron chi connectivity index (χ0n) is 14.2. The van der Waals surface area contributed by atoms with E-state index in [1.807, 2.05) is 12.1 Å². The Morgan fingerprint density at radius 1 is 1.11 bits per heavy atom. The van der Waals surface area contributed by atoms with Crippen molar-refractivity contribution in [3.63, 3.8) is 0 Å². The minimum atomic E-state index is -0.782. The monoisotopic (exact) mass is 474 g/mol. The summed E-state index contributed by atoms with van der Waals surface area (Å²) >= 11 is 10.6. The van der Waals surface area contributed by atoms with Gasteiger partial charge in [-0.2, -0.15) is 0 Å². The van der Waals surface area contributed by atoms with Crippen molar-refractivity contribution in [1.29, 1.82) is 0 Å². The Kier molecular flexibility index (Phi) is 5.05. The summed E-state index contributed by atoms with van der Waals surface area (Å²) in [6.45, 7) is 0. The molecular formula is C20H12BrClN2O3S. The lowest BCUT2D eigenvalue weighted by molar-refractivity contribution is -0.132. The van der Waals surface area contributed by atoms with Gasteiger partial charge < -0.3 is 5.11 Å². The number of hydrogen-bond acceptors (Lipinski definition) is 5. The fraction of sp³-hybridized carbons (Fsp3) is 0.0500. The lowest BCUT2D eigenvalue weighted by Gasteiger charge is -2.23. The van der Waals surface area contributed by atoms with E-state index < -0.39 is 17.7 Å². The molecule has 1 fully saturated rings. The number of ketones is 1. The number of nitrogens with zero attached hydrogens (tertiary/aromatic N) is 2. The van der Waals surface area contributed by atoms with Crippen molar-refractivity contribution in [2.24, 2.45) is 0 Å². The molecule has 1 amide bonds. The zero-order valence-corrected chi connectivity index (χ0v) is 17.3. The van der Waals surface area contributed by atoms with Crippen molar-refractivity contribution in [3.8, 4) is 0 Å². The number of thiazole rings is 1. The quantitative estimate of drug-likeness (QED) is 0.322. The molecule has 0 spiro atoms. The Bertz CT molecular complexity index is 1080. The molecule has 1 atom stereocenters. The van der Waals surface area contributed by atoms with Crippen LogP contribution >= 0.6 is 38.9 Å². The lowest BCUT2D eigenvalue weighted by atomic mass is 9.95. The second kappa shape index (κ2) is 7.50. The van der Waals surface area contributed by atoms with Gasteiger partial charge in [0, 0.05) is 26.6 Å². The van der Waals surface area contributed by atoms with E-state index >= 15 is 0 Å². The molecule has 0 aliphatic carbocycles. The van der Waals surface area contributed by atoms with Crippen molar-refractivity contribution < 1.29 is 14.7 Å². The van der Waals surface area contributed by atoms with E-state index in [9.17, 15) is 14.7 Å². The number of carbonyl (C=O) groups is 2. The van der Waals surface area contributed by atoms with Crippen molar-refractivity contribution >= 4 is 61.4 Å². The molecule has 1 saturated heterocycles. The third-order valence-corrected chi connectivity index (χ3v) is 5.92. The predicted molar refractivity (Wildman–Crippen MR) is 112 cm³/mol. The number of aliphatic hydroxyl groups is 1. The number of Topliss-reactive ketones (excluding diaryl/α,β-unsaturated/α-hetero) is 1. The molecule has 1 aliphatic heterocycles. The van der Waals surface area contributed by atoms with E-state index in [0.29, 0.717) is 21.3 Å². The van der Waals surface area contributed by atoms with Gasteiger partial charge in [-0.05, 0) is 42.0 Å². The number of benzene rings is 2. The molecule has 2 aromatic carbocycles. The Hall–Kier alpha value is -2.48. The summed E-state index contributed by atoms with van der Waals surface area (Å²) in [5.41, 5.74) is 1.11. The topological polar surface area (TPSA) is 70.5 Å². The van der Waals surface area contributed by atoms with Crippen molar-refractivity contribution in [1.82, 2.24) is 4.98 Å². The SMILES string of the molecule is O=C1C(=O)N(c2nccs2)[C@@H](c2ccc(Br)cc2)/C1=C(\O)c1ccc(Cl)cc1. The summed E-state index contributed by atoms with van der Waals surface area (Å²) in [5, 5.41) is 13.5. The number of anilines is 1. The molecule has 3 aromatic rings. The first kappa shape index (κ1) is 18.9. The highest BCUT2D eigenvalue weighted by Gasteiger charge is 2.47. The molecule has 0 saturated carbocycles. The minimum Gasteiger partial charge on any atom is -0.507 e. The van der Waals surface area contributed by atoms with E-state index in [-0.39, 0.29) is 11.3 Å². The van der Waals surface area contributed by atoms with Gasteiger partial charge in [0.1, 0.15) is 5.76 Å². The van der Waals surface area contributed by atoms with Crippen LogP contribution in [-0.2, 0) is 9.59 Å². The third-order valence-electron chi connectivity index (χ3n) is 4.37. The van der Waals surface area contributed by atoms with Crippen molar-refractivity contribution in [2.45, 2.75) is 6.04 Å². The van der Waals surface area contributed by atoms with Gasteiger partial charge in [0.2, 0.25) is 0 Å². The minimum absolute atomic E-state index is 0.0184. The summed E-state index contributed by atoms with van der Waals surface area (Å²) in [7, 11) is 0. The third kappa shape index (κ3) is 3.26. The van der Waals surface area contributed by atoms with Crippen molar-refractivity contribution in [2.75, 3.05) is 4.90 Å². The lowest BCUT2D eigenvalue weighted by Crippen LogP contribution is -2.29. The largest absolute Gasteiger partial charge is 0.507 e. The first-order valence-corrected chi connectivity index (χ1v) is 10.2. The van der Waals surface area contributed by atoms with Crippen LogP contribution in [0.5, 0.6) is 0 Å². The number of rotatable bonds is 3. The molecular weight excluding hydrogens is 464 g/mol. The maximum absolute atomic E-state index is 12.9. The number of hydrogen-bond donors (Lipinski definition) is 1. The predicted octanol–water partition coefficient (Wildman–Crippen LogP) is 5.19. The van der Waals surface area contributed by atoms with Gasteiger partial charge in [0.15, 0.2) is 5.13 Å². The first-order valence-electron chi connectivity index (χ1n) is 8.19. The summed E-state index contributed by atoms with van der Waals surface area (Å²) in [5.74, 6) is -1.73. The normalized spacial score (nSPS) is 18.6. The van der Waals surface area contributed by atoms with Crippen LogP contribution in [0.1, 0.15) is 17.2 Å². The molecule has 0 radical (unpaired) electrons. The molecule has 1 aromatic heterocycles. The van der Waals surface area contributed by atoms with Crippen LogP contribution in [0, 0.1) is 0 Å². The molecule has 0 unspecified atom stereocenters. The van der Waals surface area contributed by atoms with Gasteiger partial charge >= 0.3 is 5.91 Å². The highest BCUT2D eigenvalue weighted by molar-refractivity contribution is 9.10. The van der Waals surface area contributed by atoms with Gasteiger partial charge in [-0.3, -0.25) is 14.5 Å². The summed E-state index contributed by atoms with van der Waals surface area (Å²) in [6.07, 6.45) is 1.57. The summed E-state index contributed by atoms with van der Waals surface area (Å²) in [6, 6.07) is 12.9. The number of carbonyl (C=O) groups excluding carboxylic acids is 2. The van der Waals surface area contributed by atoms with E-state index in [2.05, 4.69) is 20.9 Å². The highest BCUT2D eigenvalue weighted by Crippen LogP contribution is 2.42. The van der Waals surface area contributed by atoms with E-state index in [1.165, 1.54) is 16.2 Å². The highest BCUT2D eigenvalue weighted by atomic mass is 79.9. The number of amides is 1. The van der Waals surface area contributed by atoms with E-state index in [0.717, 1.165) is 4.47 Å². The average molecular weight is 476 g/mol. The van der Waals surface area contributed by atoms with Crippen LogP contribution < -0.4 is 4.90 Å². The summed E-state index contributed by atoms with van der Waals surface area (Å²) < 4.78 is 0.861. The Morgan fingerprint density at radius 3 is 2.39 bits per heavy atom. The molecule has 1 aliphatic rings. The second-order valence-electron chi connectivity index (χ2n) is 6.04. The fourth-order valence-electron chi connectivity index (χ4n) is 3.09. The Labute approximate surface area is 178 Å². The van der Waals surface area contributed by atoms with Gasteiger partial charge in [-0.25, -0.2) is 4.98 Å². The molecule has 28 heavy (non-hydrogen) atoms. The van der Waals surface area contributed by atoms with Gasteiger partial charge in [-0.1, -0.05) is 39.7 Å². The fourth-order valence-corrected chi connectivity index (χ4v) is 4.15. The smallest absolute Gasteiger partial charge is 0.301 e. The number of aromatic nitrogens is 1. The van der Waals surface area contributed by atoms with Crippen LogP contribution in [0.15, 0.2) is 70.2 Å². The molecule has 140 valence electrons. The zero-order chi connectivity index (χ0) is 19.8. The standard InChI is InChI=1S/C20H12BrClN2O3S/c21-13-5-1-11(2-6-13)16-15(17(25)12-3-7-14(22)8-4-12)18(26)19(27)24(16)20-23-9-10-28-20/h1-10,16,25H/b17-15+/t16-/m0/s1. The summed E-state index contributed by atoms with van der Waals surface area (Å²) in [4.78, 5) is 31.2. The van der Waals surface area contributed by atoms with Gasteiger partial charge in [0.25, 0.3) is 5.78 Å². The molecule has 2 heterocycles. The maximum atomic E-state index is 12.9. The Balaban J connectivity index is 1.93. The van der Waals surface area contributed by atoms with E-state index in [4.69, 9.17) is 11.6 Å². The number of aliphatic hydroxyl groups excluding tert-OH is 1. The molecule has 8 heteroatoms. The Morgan fingerprint density at radius 2 is 1.79 bits per heavy atom. The van der Waals surface area contributed by atoms with Crippen LogP contribution in [0.25, 0.3) is 5.76 Å². The molecule has 4 rings (SSSR count). The van der Waals surface area contributed by atoms with Crippen molar-refractivity contribution in [3.05, 3.63) is 86.3 Å². The van der Waals surface area contributed by atoms with Gasteiger partial charge in [0.05, 0.1) is 11.6 Å². The van der Waals surface area contributed by atoms with Gasteiger partial charge in [-0.15, -0.1) is 11.3 Å². The molecule has 0 bridgehead atoms. The van der Waals surface area contributed by atoms with E-state index in [1.54, 1.807) is 48.0 Å².